The fourth-order valence-corrected chi connectivity index (χ4v) is 6.59. The van der Waals surface area contributed by atoms with Crippen molar-refractivity contribution in [2.75, 3.05) is 32.4 Å². The van der Waals surface area contributed by atoms with Crippen LogP contribution in [-0.4, -0.2) is 69.8 Å². The molecule has 216 valence electrons. The van der Waals surface area contributed by atoms with E-state index in [0.29, 0.717) is 30.8 Å². The van der Waals surface area contributed by atoms with Crippen molar-refractivity contribution < 1.29 is 21.6 Å². The number of pyridine rings is 1. The van der Waals surface area contributed by atoms with Gasteiger partial charge in [-0.2, -0.15) is 22.6 Å². The molecular formula is C29H31F3N6O2S. The highest BCUT2D eigenvalue weighted by molar-refractivity contribution is 7.88. The summed E-state index contributed by atoms with van der Waals surface area (Å²) < 4.78 is 67.2. The van der Waals surface area contributed by atoms with E-state index in [9.17, 15) is 21.6 Å². The monoisotopic (exact) mass is 584 g/mol. The van der Waals surface area contributed by atoms with Crippen molar-refractivity contribution in [3.63, 3.8) is 0 Å². The second kappa shape index (κ2) is 10.7. The number of hydrogen-bond donors (Lipinski definition) is 1. The number of nitrogens with zero attached hydrogens (tertiary/aromatic N) is 5. The second-order valence-electron chi connectivity index (χ2n) is 10.7. The van der Waals surface area contributed by atoms with Gasteiger partial charge in [-0.25, -0.2) is 13.4 Å². The maximum Gasteiger partial charge on any atom is 0.416 e. The van der Waals surface area contributed by atoms with Gasteiger partial charge in [0.2, 0.25) is 10.0 Å². The largest absolute Gasteiger partial charge is 0.416 e. The average molecular weight is 585 g/mol. The number of aromatic nitrogens is 4. The Morgan fingerprint density at radius 2 is 1.85 bits per heavy atom. The second-order valence-corrected chi connectivity index (χ2v) is 12.6. The van der Waals surface area contributed by atoms with Gasteiger partial charge in [-0.1, -0.05) is 18.2 Å². The lowest BCUT2D eigenvalue weighted by molar-refractivity contribution is -0.137. The van der Waals surface area contributed by atoms with Crippen LogP contribution in [0.1, 0.15) is 35.2 Å². The van der Waals surface area contributed by atoms with Crippen molar-refractivity contribution in [2.24, 2.45) is 0 Å². The van der Waals surface area contributed by atoms with E-state index in [1.165, 1.54) is 33.8 Å². The summed E-state index contributed by atoms with van der Waals surface area (Å²) in [7, 11) is -3.42. The standard InChI is InChI=1S/C29H31F3N6O2S/c1-41(39,40)37-17-11-26-25(19-37)27(21-5-7-22(8-6-21)29(30,31)32)35-38(26)14-3-13-36-15-9-20(10-16-36)24-18-34-28-23(24)4-2-12-33-28/h2,4-9,12,18H,3,10-11,13-17,19H2,1H3,(H,33,34). The fraction of sp³-hybridized carbons (Fsp3) is 0.379. The molecule has 0 spiro atoms. The van der Waals surface area contributed by atoms with Crippen LogP contribution in [0.5, 0.6) is 0 Å². The van der Waals surface area contributed by atoms with E-state index < -0.39 is 21.8 Å². The van der Waals surface area contributed by atoms with Gasteiger partial charge in [0.15, 0.2) is 0 Å². The molecule has 6 rings (SSSR count). The molecule has 41 heavy (non-hydrogen) atoms. The Balaban J connectivity index is 1.16. The molecule has 2 aliphatic rings. The predicted octanol–water partition coefficient (Wildman–Crippen LogP) is 4.94. The van der Waals surface area contributed by atoms with E-state index in [1.807, 2.05) is 16.9 Å². The molecule has 8 nitrogen and oxygen atoms in total. The SMILES string of the molecule is CS(=O)(=O)N1CCc2c(c(-c3ccc(C(F)(F)F)cc3)nn2CCCN2CC=C(c3c[nH]c4ncccc34)CC2)C1. The molecule has 0 atom stereocenters. The minimum atomic E-state index is -4.43. The zero-order valence-corrected chi connectivity index (χ0v) is 23.5. The number of hydrogen-bond acceptors (Lipinski definition) is 5. The van der Waals surface area contributed by atoms with Crippen molar-refractivity contribution in [3.05, 3.63) is 77.3 Å². The Morgan fingerprint density at radius 1 is 1.05 bits per heavy atom. The lowest BCUT2D eigenvalue weighted by Crippen LogP contribution is -2.35. The molecule has 1 aromatic carbocycles. The number of alkyl halides is 3. The Bertz CT molecular complexity index is 1710. The van der Waals surface area contributed by atoms with Gasteiger partial charge in [0.25, 0.3) is 0 Å². The van der Waals surface area contributed by atoms with E-state index in [2.05, 4.69) is 27.0 Å². The van der Waals surface area contributed by atoms with Gasteiger partial charge in [0.1, 0.15) is 5.65 Å². The number of benzene rings is 1. The summed E-state index contributed by atoms with van der Waals surface area (Å²) in [6.45, 7) is 3.82. The molecule has 5 heterocycles. The van der Waals surface area contributed by atoms with Crippen LogP contribution < -0.4 is 0 Å². The Morgan fingerprint density at radius 3 is 2.56 bits per heavy atom. The number of rotatable bonds is 7. The quantitative estimate of drug-likeness (QED) is 0.333. The molecule has 0 unspecified atom stereocenters. The molecule has 4 aromatic rings. The maximum absolute atomic E-state index is 13.1. The van der Waals surface area contributed by atoms with Crippen LogP contribution in [0, 0.1) is 0 Å². The van der Waals surface area contributed by atoms with Gasteiger partial charge >= 0.3 is 6.18 Å². The Labute approximate surface area is 236 Å². The molecule has 0 radical (unpaired) electrons. The third-order valence-corrected chi connectivity index (χ3v) is 9.24. The third-order valence-electron chi connectivity index (χ3n) is 7.99. The zero-order valence-electron chi connectivity index (χ0n) is 22.7. The minimum Gasteiger partial charge on any atom is -0.346 e. The maximum atomic E-state index is 13.1. The third kappa shape index (κ3) is 5.68. The lowest BCUT2D eigenvalue weighted by atomic mass is 9.99. The molecule has 2 aliphatic heterocycles. The van der Waals surface area contributed by atoms with E-state index in [-0.39, 0.29) is 6.54 Å². The van der Waals surface area contributed by atoms with Gasteiger partial charge in [-0.3, -0.25) is 9.58 Å². The van der Waals surface area contributed by atoms with Crippen LogP contribution in [0.3, 0.4) is 0 Å². The number of aromatic amines is 1. The number of aryl methyl sites for hydroxylation is 1. The van der Waals surface area contributed by atoms with E-state index >= 15 is 0 Å². The first-order chi connectivity index (χ1) is 19.6. The Hall–Kier alpha value is -3.48. The topological polar surface area (TPSA) is 87.1 Å². The van der Waals surface area contributed by atoms with Crippen LogP contribution in [0.4, 0.5) is 13.2 Å². The van der Waals surface area contributed by atoms with Crippen LogP contribution in [-0.2, 0) is 35.7 Å². The summed E-state index contributed by atoms with van der Waals surface area (Å²) in [5.74, 6) is 0. The number of H-pyrrole nitrogens is 1. The van der Waals surface area contributed by atoms with Gasteiger partial charge in [0, 0.05) is 85.9 Å². The van der Waals surface area contributed by atoms with Gasteiger partial charge in [-0.15, -0.1) is 0 Å². The van der Waals surface area contributed by atoms with Crippen molar-refractivity contribution in [2.45, 2.75) is 38.5 Å². The summed E-state index contributed by atoms with van der Waals surface area (Å²) >= 11 is 0. The molecule has 0 amide bonds. The molecular weight excluding hydrogens is 553 g/mol. The van der Waals surface area contributed by atoms with Crippen molar-refractivity contribution >= 4 is 26.6 Å². The first kappa shape index (κ1) is 27.7. The van der Waals surface area contributed by atoms with Crippen molar-refractivity contribution in [1.29, 1.82) is 0 Å². The lowest BCUT2D eigenvalue weighted by Gasteiger charge is -2.27. The first-order valence-electron chi connectivity index (χ1n) is 13.6. The molecule has 0 fully saturated rings. The van der Waals surface area contributed by atoms with Crippen LogP contribution in [0.15, 0.2) is 54.9 Å². The number of halogens is 3. The molecule has 0 saturated carbocycles. The molecule has 12 heteroatoms. The summed E-state index contributed by atoms with van der Waals surface area (Å²) in [4.78, 5) is 10.0. The zero-order chi connectivity index (χ0) is 28.8. The molecule has 3 aromatic heterocycles. The minimum absolute atomic E-state index is 0.160. The fourth-order valence-electron chi connectivity index (χ4n) is 5.81. The summed E-state index contributed by atoms with van der Waals surface area (Å²) in [6.07, 6.45) is 5.12. The summed E-state index contributed by atoms with van der Waals surface area (Å²) in [5, 5.41) is 5.94. The van der Waals surface area contributed by atoms with E-state index in [1.54, 1.807) is 6.20 Å². The smallest absolute Gasteiger partial charge is 0.346 e. The van der Waals surface area contributed by atoms with Crippen LogP contribution in [0.25, 0.3) is 27.9 Å². The average Bonchev–Trinajstić information content (AvgIpc) is 3.54. The number of fused-ring (bicyclic) bond motifs is 2. The normalized spacial score (nSPS) is 17.1. The van der Waals surface area contributed by atoms with Gasteiger partial charge in [0.05, 0.1) is 17.5 Å². The summed E-state index contributed by atoms with van der Waals surface area (Å²) in [6, 6.07) is 8.95. The van der Waals surface area contributed by atoms with Crippen molar-refractivity contribution in [1.82, 2.24) is 29.0 Å². The number of sulfonamides is 1. The van der Waals surface area contributed by atoms with Gasteiger partial charge in [-0.05, 0) is 42.7 Å². The van der Waals surface area contributed by atoms with Crippen molar-refractivity contribution in [3.8, 4) is 11.3 Å². The highest BCUT2D eigenvalue weighted by Crippen LogP contribution is 2.34. The van der Waals surface area contributed by atoms with E-state index in [0.717, 1.165) is 66.9 Å². The summed E-state index contributed by atoms with van der Waals surface area (Å²) in [5.41, 5.74) is 5.49. The first-order valence-corrected chi connectivity index (χ1v) is 15.5. The highest BCUT2D eigenvalue weighted by Gasteiger charge is 2.32. The Kier molecular flexibility index (Phi) is 7.25. The van der Waals surface area contributed by atoms with Crippen LogP contribution in [0.2, 0.25) is 0 Å². The molecule has 0 saturated heterocycles. The molecule has 0 bridgehead atoms. The molecule has 1 N–H and O–H groups in total. The van der Waals surface area contributed by atoms with E-state index in [4.69, 9.17) is 5.10 Å². The molecule has 0 aliphatic carbocycles. The predicted molar refractivity (Wildman–Crippen MR) is 151 cm³/mol. The van der Waals surface area contributed by atoms with Gasteiger partial charge < -0.3 is 4.98 Å². The van der Waals surface area contributed by atoms with Crippen LogP contribution >= 0.6 is 0 Å². The number of nitrogens with one attached hydrogen (secondary N) is 1. The highest BCUT2D eigenvalue weighted by atomic mass is 32.2.